The zero-order valence-electron chi connectivity index (χ0n) is 18.9. The number of alkyl halides is 1. The van der Waals surface area contributed by atoms with Crippen LogP contribution >= 0.6 is 11.8 Å². The van der Waals surface area contributed by atoms with Gasteiger partial charge in [-0.25, -0.2) is 18.8 Å². The minimum absolute atomic E-state index is 0.0000762. The van der Waals surface area contributed by atoms with E-state index in [-0.39, 0.29) is 16.9 Å². The molecule has 2 saturated heterocycles. The molecule has 2 fully saturated rings. The maximum absolute atomic E-state index is 16.6. The molecule has 0 amide bonds. The fourth-order valence-electron chi connectivity index (χ4n) is 4.35. The summed E-state index contributed by atoms with van der Waals surface area (Å²) < 4.78 is 33.4. The number of thioether (sulfide) groups is 1. The Morgan fingerprint density at radius 1 is 1.08 bits per heavy atom. The van der Waals surface area contributed by atoms with Gasteiger partial charge in [0.25, 0.3) is 5.85 Å². The van der Waals surface area contributed by atoms with E-state index in [1.165, 1.54) is 36.2 Å². The van der Waals surface area contributed by atoms with Gasteiger partial charge in [0.05, 0.1) is 11.1 Å². The standard InChI is InChI=1S/C25H22FN3O6S/c26-25(15-33-19(30)16-7-3-1-4-8-16)21(34-20(31)17-9-5-2-6-10-17)24(12-14-36-24)22(35-25)29-13-11-18(27)28-23(29)32/h1-11,13,21-22H,12,14-15H2,(H2,27,28,32). The lowest BCUT2D eigenvalue weighted by atomic mass is 9.92. The van der Waals surface area contributed by atoms with E-state index in [1.54, 1.807) is 48.5 Å². The highest BCUT2D eigenvalue weighted by Gasteiger charge is 2.71. The summed E-state index contributed by atoms with van der Waals surface area (Å²) in [6.07, 6.45) is -0.946. The van der Waals surface area contributed by atoms with Crippen molar-refractivity contribution in [2.75, 3.05) is 18.1 Å². The van der Waals surface area contributed by atoms with Gasteiger partial charge in [-0.2, -0.15) is 4.98 Å². The van der Waals surface area contributed by atoms with Crippen molar-refractivity contribution in [3.05, 3.63) is 94.5 Å². The van der Waals surface area contributed by atoms with Crippen LogP contribution in [0.1, 0.15) is 33.4 Å². The first-order valence-electron chi connectivity index (χ1n) is 11.2. The maximum atomic E-state index is 16.6. The lowest BCUT2D eigenvalue weighted by Crippen LogP contribution is -2.56. The second-order valence-corrected chi connectivity index (χ2v) is 9.90. The summed E-state index contributed by atoms with van der Waals surface area (Å²) in [5.74, 6) is -3.66. The fraction of sp³-hybridized carbons (Fsp3) is 0.280. The van der Waals surface area contributed by atoms with Gasteiger partial charge >= 0.3 is 17.6 Å². The third-order valence-corrected chi connectivity index (χ3v) is 7.74. The summed E-state index contributed by atoms with van der Waals surface area (Å²) >= 11 is 1.31. The van der Waals surface area contributed by atoms with Crippen molar-refractivity contribution in [3.63, 3.8) is 0 Å². The Morgan fingerprint density at radius 2 is 1.69 bits per heavy atom. The topological polar surface area (TPSA) is 123 Å². The first-order chi connectivity index (χ1) is 17.3. The highest BCUT2D eigenvalue weighted by molar-refractivity contribution is 8.02. The van der Waals surface area contributed by atoms with E-state index in [0.29, 0.717) is 12.2 Å². The first-order valence-corrected chi connectivity index (χ1v) is 12.1. The minimum Gasteiger partial charge on any atom is -0.456 e. The number of ether oxygens (including phenoxy) is 3. The summed E-state index contributed by atoms with van der Waals surface area (Å²) in [5, 5.41) is 0. The van der Waals surface area contributed by atoms with Crippen molar-refractivity contribution >= 4 is 29.5 Å². The Kier molecular flexibility index (Phi) is 6.27. The molecule has 3 heterocycles. The van der Waals surface area contributed by atoms with E-state index in [9.17, 15) is 14.4 Å². The van der Waals surface area contributed by atoms with Gasteiger partial charge in [0.15, 0.2) is 18.9 Å². The number of nitrogens with two attached hydrogens (primary N) is 1. The van der Waals surface area contributed by atoms with Crippen molar-refractivity contribution < 1.29 is 28.2 Å². The number of hydrogen-bond acceptors (Lipinski definition) is 9. The monoisotopic (exact) mass is 511 g/mol. The molecule has 4 unspecified atom stereocenters. The number of benzene rings is 2. The average Bonchev–Trinajstić information content (AvgIpc) is 3.12. The van der Waals surface area contributed by atoms with E-state index in [1.807, 2.05) is 0 Å². The number of nitrogen functional groups attached to an aromatic ring is 1. The van der Waals surface area contributed by atoms with Gasteiger partial charge in [0.2, 0.25) is 0 Å². The summed E-state index contributed by atoms with van der Waals surface area (Å²) in [6, 6.07) is 17.6. The largest absolute Gasteiger partial charge is 0.456 e. The van der Waals surface area contributed by atoms with Crippen LogP contribution in [0.5, 0.6) is 0 Å². The first kappa shape index (κ1) is 24.0. The maximum Gasteiger partial charge on any atom is 0.351 e. The Bertz CT molecular complexity index is 1330. The Hall–Kier alpha value is -3.70. The number of carbonyl (C=O) groups is 2. The molecule has 9 nitrogen and oxygen atoms in total. The molecule has 4 atom stereocenters. The molecule has 36 heavy (non-hydrogen) atoms. The molecule has 1 spiro atoms. The van der Waals surface area contributed by atoms with E-state index in [0.717, 1.165) is 4.57 Å². The molecule has 11 heteroatoms. The molecular formula is C25H22FN3O6S. The van der Waals surface area contributed by atoms with Gasteiger partial charge in [-0.05, 0) is 42.5 Å². The predicted octanol–water partition coefficient (Wildman–Crippen LogP) is 2.98. The zero-order chi connectivity index (χ0) is 25.3. The molecule has 0 saturated carbocycles. The van der Waals surface area contributed by atoms with Crippen molar-refractivity contribution in [3.8, 4) is 0 Å². The lowest BCUT2D eigenvalue weighted by molar-refractivity contribution is -0.208. The minimum atomic E-state index is -2.74. The van der Waals surface area contributed by atoms with Gasteiger partial charge in [-0.3, -0.25) is 4.57 Å². The van der Waals surface area contributed by atoms with E-state index in [4.69, 9.17) is 19.9 Å². The van der Waals surface area contributed by atoms with Gasteiger partial charge < -0.3 is 19.9 Å². The van der Waals surface area contributed by atoms with Crippen LogP contribution in [0.3, 0.4) is 0 Å². The van der Waals surface area contributed by atoms with Gasteiger partial charge in [-0.15, -0.1) is 11.8 Å². The van der Waals surface area contributed by atoms with Crippen LogP contribution in [0.25, 0.3) is 0 Å². The molecule has 5 rings (SSSR count). The second kappa shape index (κ2) is 9.40. The van der Waals surface area contributed by atoms with Crippen LogP contribution in [-0.4, -0.2) is 50.6 Å². The zero-order valence-corrected chi connectivity index (χ0v) is 19.7. The summed E-state index contributed by atoms with van der Waals surface area (Å²) in [6.45, 7) is -0.858. The molecule has 0 aliphatic carbocycles. The summed E-state index contributed by atoms with van der Waals surface area (Å²) in [5.41, 5.74) is 5.31. The molecule has 1 aromatic heterocycles. The highest BCUT2D eigenvalue weighted by Crippen LogP contribution is 2.61. The van der Waals surface area contributed by atoms with E-state index < -0.39 is 47.2 Å². The lowest BCUT2D eigenvalue weighted by Gasteiger charge is -2.44. The molecule has 2 N–H and O–H groups in total. The van der Waals surface area contributed by atoms with Gasteiger partial charge in [0, 0.05) is 6.20 Å². The molecule has 2 aliphatic heterocycles. The molecule has 0 bridgehead atoms. The van der Waals surface area contributed by atoms with E-state index in [2.05, 4.69) is 4.98 Å². The quantitative estimate of drug-likeness (QED) is 0.498. The van der Waals surface area contributed by atoms with Crippen molar-refractivity contribution in [1.29, 1.82) is 0 Å². The number of carbonyl (C=O) groups excluding carboxylic acids is 2. The van der Waals surface area contributed by atoms with Crippen molar-refractivity contribution in [2.24, 2.45) is 0 Å². The Morgan fingerprint density at radius 3 is 2.25 bits per heavy atom. The smallest absolute Gasteiger partial charge is 0.351 e. The van der Waals surface area contributed by atoms with Crippen molar-refractivity contribution in [2.45, 2.75) is 29.4 Å². The average molecular weight is 512 g/mol. The van der Waals surface area contributed by atoms with Crippen LogP contribution < -0.4 is 11.4 Å². The molecule has 2 aliphatic rings. The number of anilines is 1. The Balaban J connectivity index is 1.49. The molecule has 3 aromatic rings. The third kappa shape index (κ3) is 4.24. The predicted molar refractivity (Wildman–Crippen MR) is 129 cm³/mol. The number of esters is 2. The van der Waals surface area contributed by atoms with Crippen LogP contribution in [0.15, 0.2) is 77.7 Å². The second-order valence-electron chi connectivity index (χ2n) is 8.45. The van der Waals surface area contributed by atoms with Crippen LogP contribution in [0.2, 0.25) is 0 Å². The van der Waals surface area contributed by atoms with Crippen LogP contribution in [-0.2, 0) is 14.2 Å². The molecular weight excluding hydrogens is 489 g/mol. The van der Waals surface area contributed by atoms with Crippen LogP contribution in [0.4, 0.5) is 10.2 Å². The number of nitrogens with zero attached hydrogens (tertiary/aromatic N) is 2. The van der Waals surface area contributed by atoms with E-state index >= 15 is 4.39 Å². The molecule has 186 valence electrons. The fourth-order valence-corrected chi connectivity index (χ4v) is 5.70. The normalized spacial score (nSPS) is 26.8. The SMILES string of the molecule is Nc1ccn(C2OC(F)(COC(=O)c3ccccc3)C(OC(=O)c3ccccc3)C23CCS3)c(=O)n1. The number of aromatic nitrogens is 2. The highest BCUT2D eigenvalue weighted by atomic mass is 32.2. The Labute approximate surface area is 209 Å². The van der Waals surface area contributed by atoms with Gasteiger partial charge in [-0.1, -0.05) is 36.4 Å². The van der Waals surface area contributed by atoms with Gasteiger partial charge in [0.1, 0.15) is 10.6 Å². The molecule has 0 radical (unpaired) electrons. The number of rotatable bonds is 6. The van der Waals surface area contributed by atoms with Crippen molar-refractivity contribution in [1.82, 2.24) is 9.55 Å². The third-order valence-electron chi connectivity index (χ3n) is 6.17. The van der Waals surface area contributed by atoms with Crippen LogP contribution in [0, 0.1) is 0 Å². The number of halogens is 1. The summed E-state index contributed by atoms with van der Waals surface area (Å²) in [4.78, 5) is 41.9. The molecule has 2 aromatic carbocycles. The summed E-state index contributed by atoms with van der Waals surface area (Å²) in [7, 11) is 0. The number of hydrogen-bond donors (Lipinski definition) is 1.